The maximum Gasteiger partial charge on any atom is 0.333 e. The molecule has 1 aliphatic rings. The minimum Gasteiger partial charge on any atom is -0.466 e. The molecule has 7 nitrogen and oxygen atoms in total. The predicted octanol–water partition coefficient (Wildman–Crippen LogP) is 3.56. The quantitative estimate of drug-likeness (QED) is 0.154. The van der Waals surface area contributed by atoms with Gasteiger partial charge in [-0.05, 0) is 20.3 Å². The molecule has 1 atom stereocenters. The number of carbonyl (C=O) groups is 3. The zero-order valence-corrected chi connectivity index (χ0v) is 17.6. The Bertz CT molecular complexity index is 505. The van der Waals surface area contributed by atoms with E-state index in [1.165, 1.54) is 13.2 Å². The van der Waals surface area contributed by atoms with Gasteiger partial charge in [-0.1, -0.05) is 33.1 Å². The second-order valence-electron chi connectivity index (χ2n) is 5.33. The molecule has 0 saturated carbocycles. The predicted molar refractivity (Wildman–Crippen MR) is 110 cm³/mol. The molecule has 1 fully saturated rings. The third-order valence-electron chi connectivity index (χ3n) is 2.59. The molecule has 7 heteroatoms. The van der Waals surface area contributed by atoms with Gasteiger partial charge >= 0.3 is 17.9 Å². The van der Waals surface area contributed by atoms with E-state index in [2.05, 4.69) is 42.4 Å². The van der Waals surface area contributed by atoms with Gasteiger partial charge in [0.1, 0.15) is 12.7 Å². The summed E-state index contributed by atoms with van der Waals surface area (Å²) in [5, 5.41) is 0. The van der Waals surface area contributed by atoms with Gasteiger partial charge in [0.2, 0.25) is 0 Å². The van der Waals surface area contributed by atoms with Crippen LogP contribution in [0, 0.1) is 0 Å². The van der Waals surface area contributed by atoms with Crippen molar-refractivity contribution in [2.45, 2.75) is 39.7 Å². The van der Waals surface area contributed by atoms with E-state index >= 15 is 0 Å². The fourth-order valence-corrected chi connectivity index (χ4v) is 1.01. The second kappa shape index (κ2) is 20.6. The van der Waals surface area contributed by atoms with Crippen LogP contribution in [0.5, 0.6) is 0 Å². The van der Waals surface area contributed by atoms with Gasteiger partial charge in [0, 0.05) is 17.2 Å². The fourth-order valence-electron chi connectivity index (χ4n) is 1.01. The van der Waals surface area contributed by atoms with Crippen molar-refractivity contribution in [2.24, 2.45) is 0 Å². The average molecular weight is 398 g/mol. The molecule has 0 aromatic carbocycles. The maximum absolute atomic E-state index is 10.7. The third-order valence-corrected chi connectivity index (χ3v) is 2.59. The summed E-state index contributed by atoms with van der Waals surface area (Å²) in [5.74, 6) is -1.01. The highest BCUT2D eigenvalue weighted by atomic mass is 16.6. The summed E-state index contributed by atoms with van der Waals surface area (Å²) >= 11 is 0. The first-order valence-corrected chi connectivity index (χ1v) is 8.66. The maximum atomic E-state index is 10.7. The third kappa shape index (κ3) is 23.3. The molecule has 0 radical (unpaired) electrons. The van der Waals surface area contributed by atoms with E-state index in [1.807, 2.05) is 6.92 Å². The lowest BCUT2D eigenvalue weighted by atomic mass is 10.4. The van der Waals surface area contributed by atoms with Crippen molar-refractivity contribution in [3.63, 3.8) is 0 Å². The molecule has 1 aliphatic heterocycles. The van der Waals surface area contributed by atoms with Gasteiger partial charge in [-0.25, -0.2) is 14.4 Å². The Balaban J connectivity index is -0.000000325. The van der Waals surface area contributed by atoms with Gasteiger partial charge in [-0.15, -0.1) is 13.2 Å². The molecule has 0 aromatic rings. The van der Waals surface area contributed by atoms with Gasteiger partial charge in [0.25, 0.3) is 0 Å². The van der Waals surface area contributed by atoms with Crippen LogP contribution in [0.15, 0.2) is 50.1 Å². The molecule has 0 aliphatic carbocycles. The summed E-state index contributed by atoms with van der Waals surface area (Å²) in [6.07, 6.45) is 3.29. The van der Waals surface area contributed by atoms with E-state index in [9.17, 15) is 14.4 Å². The van der Waals surface area contributed by atoms with Crippen LogP contribution in [0.1, 0.15) is 33.6 Å². The lowest BCUT2D eigenvalue weighted by Gasteiger charge is -1.99. The lowest BCUT2D eigenvalue weighted by molar-refractivity contribution is -0.139. The van der Waals surface area contributed by atoms with Crippen LogP contribution in [0.4, 0.5) is 0 Å². The summed E-state index contributed by atoms with van der Waals surface area (Å²) in [6.45, 7) is 22.9. The molecule has 28 heavy (non-hydrogen) atoms. The Morgan fingerprint density at radius 1 is 1.07 bits per heavy atom. The van der Waals surface area contributed by atoms with Crippen molar-refractivity contribution < 1.29 is 33.3 Å². The highest BCUT2D eigenvalue weighted by Gasteiger charge is 2.24. The first-order valence-electron chi connectivity index (χ1n) is 8.66. The Morgan fingerprint density at radius 3 is 1.86 bits per heavy atom. The molecule has 160 valence electrons. The van der Waals surface area contributed by atoms with E-state index in [-0.39, 0.29) is 24.0 Å². The van der Waals surface area contributed by atoms with E-state index < -0.39 is 0 Å². The molecule has 0 spiro atoms. The lowest BCUT2D eigenvalue weighted by Crippen LogP contribution is -2.09. The minimum absolute atomic E-state index is 0.142. The molecular formula is C21H34O7. The molecule has 0 amide bonds. The number of unbranched alkanes of at least 4 members (excludes halogenated alkanes) is 1. The van der Waals surface area contributed by atoms with Crippen molar-refractivity contribution in [1.29, 1.82) is 0 Å². The Morgan fingerprint density at radius 2 is 1.57 bits per heavy atom. The number of carbonyl (C=O) groups excluding carboxylic acids is 3. The monoisotopic (exact) mass is 398 g/mol. The fraction of sp³-hybridized carbons (Fsp3) is 0.476. The number of hydrogen-bond donors (Lipinski definition) is 0. The van der Waals surface area contributed by atoms with E-state index in [0.29, 0.717) is 31.0 Å². The molecule has 1 heterocycles. The van der Waals surface area contributed by atoms with Crippen molar-refractivity contribution in [2.75, 3.05) is 26.9 Å². The van der Waals surface area contributed by atoms with Crippen LogP contribution in [0.2, 0.25) is 0 Å². The van der Waals surface area contributed by atoms with Crippen molar-refractivity contribution in [3.8, 4) is 0 Å². The van der Waals surface area contributed by atoms with E-state index in [0.717, 1.165) is 12.8 Å². The van der Waals surface area contributed by atoms with Crippen LogP contribution in [0.3, 0.4) is 0 Å². The Hall–Kier alpha value is -2.67. The van der Waals surface area contributed by atoms with Gasteiger partial charge in [-0.3, -0.25) is 0 Å². The number of ether oxygens (including phenoxy) is 4. The summed E-state index contributed by atoms with van der Waals surface area (Å²) in [7, 11) is 1.33. The number of rotatable bonds is 8. The summed E-state index contributed by atoms with van der Waals surface area (Å²) in [4.78, 5) is 31.2. The molecule has 0 N–H and O–H groups in total. The highest BCUT2D eigenvalue weighted by Crippen LogP contribution is 2.09. The van der Waals surface area contributed by atoms with E-state index in [1.54, 1.807) is 13.8 Å². The zero-order chi connectivity index (χ0) is 22.5. The number of epoxide rings is 1. The first kappa shape index (κ1) is 30.1. The molecule has 0 bridgehead atoms. The number of hydrogen-bond acceptors (Lipinski definition) is 7. The van der Waals surface area contributed by atoms with Gasteiger partial charge in [0.15, 0.2) is 0 Å². The number of methoxy groups -OCH3 is 1. The molecule has 1 unspecified atom stereocenters. The van der Waals surface area contributed by atoms with Crippen molar-refractivity contribution >= 4 is 17.9 Å². The van der Waals surface area contributed by atoms with Crippen molar-refractivity contribution in [1.82, 2.24) is 0 Å². The van der Waals surface area contributed by atoms with Crippen molar-refractivity contribution in [3.05, 3.63) is 50.1 Å². The molecular weight excluding hydrogens is 364 g/mol. The van der Waals surface area contributed by atoms with Crippen LogP contribution < -0.4 is 0 Å². The van der Waals surface area contributed by atoms with Gasteiger partial charge in [-0.2, -0.15) is 0 Å². The van der Waals surface area contributed by atoms with Crippen LogP contribution >= 0.6 is 0 Å². The summed E-state index contributed by atoms with van der Waals surface area (Å²) < 4.78 is 18.5. The van der Waals surface area contributed by atoms with Gasteiger partial charge in [0.05, 0.1) is 20.3 Å². The Kier molecular flexibility index (Phi) is 22.2. The molecule has 1 rings (SSSR count). The standard InChI is InChI=1S/C7H10O3.C7H12O2.C5H8O2.C2H4/c1-5(2)7(8)10-4-6-3-9-6;1-3-5-6-9-7(8)4-2;1-4(2)5(6)7-3;1-2/h6H,1,3-4H2,2H3;4H,2-3,5-6H2,1H3;1H2,2-3H3;1-2H2. The Labute approximate surface area is 168 Å². The first-order chi connectivity index (χ1) is 13.2. The van der Waals surface area contributed by atoms with Crippen LogP contribution in [0.25, 0.3) is 0 Å². The highest BCUT2D eigenvalue weighted by molar-refractivity contribution is 5.87. The SMILES string of the molecule is C=C.C=C(C)C(=O)OC.C=C(C)C(=O)OCC1CO1.C=CC(=O)OCCCC. The van der Waals surface area contributed by atoms with Crippen LogP contribution in [-0.4, -0.2) is 50.9 Å². The summed E-state index contributed by atoms with van der Waals surface area (Å²) in [5.41, 5.74) is 0.864. The second-order valence-corrected chi connectivity index (χ2v) is 5.33. The summed E-state index contributed by atoms with van der Waals surface area (Å²) in [6, 6.07) is 0. The molecule has 0 aromatic heterocycles. The smallest absolute Gasteiger partial charge is 0.333 e. The average Bonchev–Trinajstić information content (AvgIpc) is 3.52. The van der Waals surface area contributed by atoms with Gasteiger partial charge < -0.3 is 18.9 Å². The zero-order valence-electron chi connectivity index (χ0n) is 17.6. The topological polar surface area (TPSA) is 91.4 Å². The number of esters is 3. The van der Waals surface area contributed by atoms with Crippen LogP contribution in [-0.2, 0) is 33.3 Å². The van der Waals surface area contributed by atoms with E-state index in [4.69, 9.17) is 9.47 Å². The normalized spacial score (nSPS) is 12.6. The molecule has 1 saturated heterocycles. The largest absolute Gasteiger partial charge is 0.466 e. The minimum atomic E-state index is -0.347.